The van der Waals surface area contributed by atoms with Crippen molar-refractivity contribution >= 4 is 12.0 Å². The molecule has 0 aliphatic heterocycles. The third-order valence-corrected chi connectivity index (χ3v) is 3.08. The summed E-state index contributed by atoms with van der Waals surface area (Å²) in [6.07, 6.45) is 1.79. The number of carboxylic acid groups (broad SMARTS) is 1. The highest BCUT2D eigenvalue weighted by Crippen LogP contribution is 2.14. The van der Waals surface area contributed by atoms with E-state index in [9.17, 15) is 9.59 Å². The van der Waals surface area contributed by atoms with Crippen molar-refractivity contribution in [1.29, 1.82) is 0 Å². The first-order valence-corrected chi connectivity index (χ1v) is 7.22. The van der Waals surface area contributed by atoms with Gasteiger partial charge in [0.15, 0.2) is 0 Å². The van der Waals surface area contributed by atoms with Gasteiger partial charge in [0, 0.05) is 26.6 Å². The lowest BCUT2D eigenvalue weighted by molar-refractivity contribution is -0.138. The molecule has 0 saturated heterocycles. The van der Waals surface area contributed by atoms with Crippen LogP contribution in [0.1, 0.15) is 33.1 Å². The van der Waals surface area contributed by atoms with Crippen molar-refractivity contribution in [1.82, 2.24) is 15.5 Å². The summed E-state index contributed by atoms with van der Waals surface area (Å²) in [5.41, 5.74) is 0. The highest BCUT2D eigenvalue weighted by Gasteiger charge is 2.17. The molecule has 0 aliphatic rings. The summed E-state index contributed by atoms with van der Waals surface area (Å²) < 4.78 is 0. The van der Waals surface area contributed by atoms with Crippen LogP contribution < -0.4 is 10.6 Å². The lowest BCUT2D eigenvalue weighted by Gasteiger charge is -2.21. The Kier molecular flexibility index (Phi) is 9.80. The zero-order valence-corrected chi connectivity index (χ0v) is 13.1. The first kappa shape index (κ1) is 18.7. The summed E-state index contributed by atoms with van der Waals surface area (Å²) in [7, 11) is 3.63. The van der Waals surface area contributed by atoms with Crippen LogP contribution in [0.3, 0.4) is 0 Å². The van der Waals surface area contributed by atoms with E-state index in [0.717, 1.165) is 19.4 Å². The maximum absolute atomic E-state index is 11.9. The number of carbonyl (C=O) groups is 2. The first-order valence-electron chi connectivity index (χ1n) is 7.22. The van der Waals surface area contributed by atoms with E-state index in [0.29, 0.717) is 19.0 Å². The fourth-order valence-electron chi connectivity index (χ4n) is 2.11. The Morgan fingerprint density at radius 2 is 1.95 bits per heavy atom. The monoisotopic (exact) mass is 287 g/mol. The predicted molar refractivity (Wildman–Crippen MR) is 79.8 cm³/mol. The molecule has 20 heavy (non-hydrogen) atoms. The SMILES string of the molecule is CNCCCN(C)C(=O)NC[C@H](CC(=O)O)CC(C)C. The van der Waals surface area contributed by atoms with Gasteiger partial charge in [-0.1, -0.05) is 13.8 Å². The van der Waals surface area contributed by atoms with Crippen LogP contribution in [0.4, 0.5) is 4.79 Å². The van der Waals surface area contributed by atoms with Crippen molar-refractivity contribution < 1.29 is 14.7 Å². The van der Waals surface area contributed by atoms with Gasteiger partial charge in [-0.15, -0.1) is 0 Å². The minimum Gasteiger partial charge on any atom is -0.481 e. The maximum Gasteiger partial charge on any atom is 0.317 e. The topological polar surface area (TPSA) is 81.7 Å². The van der Waals surface area contributed by atoms with Crippen LogP contribution in [0.5, 0.6) is 0 Å². The Morgan fingerprint density at radius 3 is 2.45 bits per heavy atom. The lowest BCUT2D eigenvalue weighted by Crippen LogP contribution is -2.41. The molecule has 2 amide bonds. The molecular formula is C14H29N3O3. The van der Waals surface area contributed by atoms with Crippen LogP contribution in [0.25, 0.3) is 0 Å². The second-order valence-corrected chi connectivity index (χ2v) is 5.66. The number of rotatable bonds is 10. The summed E-state index contributed by atoms with van der Waals surface area (Å²) in [5.74, 6) is -0.404. The number of nitrogens with one attached hydrogen (secondary N) is 2. The fraction of sp³-hybridized carbons (Fsp3) is 0.857. The van der Waals surface area contributed by atoms with E-state index < -0.39 is 5.97 Å². The smallest absolute Gasteiger partial charge is 0.317 e. The van der Waals surface area contributed by atoms with Crippen LogP contribution in [0.2, 0.25) is 0 Å². The molecular weight excluding hydrogens is 258 g/mol. The number of carbonyl (C=O) groups excluding carboxylic acids is 1. The van der Waals surface area contributed by atoms with Gasteiger partial charge in [0.1, 0.15) is 0 Å². The van der Waals surface area contributed by atoms with Crippen LogP contribution in [-0.2, 0) is 4.79 Å². The maximum atomic E-state index is 11.9. The quantitative estimate of drug-likeness (QED) is 0.530. The van der Waals surface area contributed by atoms with Gasteiger partial charge in [-0.3, -0.25) is 4.79 Å². The number of carboxylic acids is 1. The minimum absolute atomic E-state index is 0.0119. The highest BCUT2D eigenvalue weighted by atomic mass is 16.4. The second-order valence-electron chi connectivity index (χ2n) is 5.66. The Hall–Kier alpha value is -1.30. The van der Waals surface area contributed by atoms with E-state index in [4.69, 9.17) is 5.11 Å². The van der Waals surface area contributed by atoms with Gasteiger partial charge < -0.3 is 20.6 Å². The molecule has 118 valence electrons. The Bertz CT molecular complexity index is 295. The summed E-state index contributed by atoms with van der Waals surface area (Å²) in [4.78, 5) is 24.3. The molecule has 0 bridgehead atoms. The van der Waals surface area contributed by atoms with Gasteiger partial charge in [-0.05, 0) is 38.3 Å². The number of amides is 2. The zero-order chi connectivity index (χ0) is 15.5. The van der Waals surface area contributed by atoms with E-state index in [1.54, 1.807) is 11.9 Å². The van der Waals surface area contributed by atoms with Gasteiger partial charge in [-0.25, -0.2) is 4.79 Å². The average molecular weight is 287 g/mol. The van der Waals surface area contributed by atoms with Crippen LogP contribution >= 0.6 is 0 Å². The van der Waals surface area contributed by atoms with Gasteiger partial charge in [0.05, 0.1) is 0 Å². The molecule has 0 aliphatic carbocycles. The van der Waals surface area contributed by atoms with Gasteiger partial charge in [0.25, 0.3) is 0 Å². The molecule has 0 aromatic rings. The van der Waals surface area contributed by atoms with E-state index in [1.165, 1.54) is 0 Å². The van der Waals surface area contributed by atoms with E-state index >= 15 is 0 Å². The Labute approximate surface area is 121 Å². The molecule has 0 unspecified atom stereocenters. The highest BCUT2D eigenvalue weighted by molar-refractivity contribution is 5.74. The fourth-order valence-corrected chi connectivity index (χ4v) is 2.11. The van der Waals surface area contributed by atoms with E-state index in [1.807, 2.05) is 7.05 Å². The second kappa shape index (κ2) is 10.5. The number of hydrogen-bond donors (Lipinski definition) is 3. The zero-order valence-electron chi connectivity index (χ0n) is 13.1. The first-order chi connectivity index (χ1) is 9.36. The third kappa shape index (κ3) is 9.61. The molecule has 0 radical (unpaired) electrons. The van der Waals surface area contributed by atoms with E-state index in [2.05, 4.69) is 24.5 Å². The van der Waals surface area contributed by atoms with Crippen LogP contribution in [0.15, 0.2) is 0 Å². The minimum atomic E-state index is -0.813. The number of aliphatic carboxylic acids is 1. The molecule has 6 nitrogen and oxygen atoms in total. The van der Waals surface area contributed by atoms with E-state index in [-0.39, 0.29) is 18.4 Å². The molecule has 0 heterocycles. The number of urea groups is 1. The molecule has 1 atom stereocenters. The van der Waals surface area contributed by atoms with Crippen LogP contribution in [0, 0.1) is 11.8 Å². The standard InChI is InChI=1S/C14H29N3O3/c1-11(2)8-12(9-13(18)19)10-16-14(20)17(4)7-5-6-15-3/h11-12,15H,5-10H2,1-4H3,(H,16,20)(H,18,19)/t12-/m0/s1. The van der Waals surface area contributed by atoms with Crippen molar-refractivity contribution in [2.24, 2.45) is 11.8 Å². The number of nitrogens with zero attached hydrogens (tertiary/aromatic N) is 1. The van der Waals surface area contributed by atoms with Crippen molar-refractivity contribution in [2.75, 3.05) is 33.7 Å². The molecule has 0 saturated carbocycles. The summed E-state index contributed by atoms with van der Waals surface area (Å²) in [5, 5.41) is 14.7. The van der Waals surface area contributed by atoms with Crippen molar-refractivity contribution in [3.8, 4) is 0 Å². The summed E-state index contributed by atoms with van der Waals surface area (Å²) in [6, 6.07) is -0.139. The molecule has 3 N–H and O–H groups in total. The largest absolute Gasteiger partial charge is 0.481 e. The average Bonchev–Trinajstić information content (AvgIpc) is 2.34. The third-order valence-electron chi connectivity index (χ3n) is 3.08. The molecule has 0 fully saturated rings. The Balaban J connectivity index is 4.11. The van der Waals surface area contributed by atoms with Crippen molar-refractivity contribution in [3.05, 3.63) is 0 Å². The van der Waals surface area contributed by atoms with Gasteiger partial charge in [0.2, 0.25) is 0 Å². The van der Waals surface area contributed by atoms with Crippen LogP contribution in [-0.4, -0.2) is 55.7 Å². The van der Waals surface area contributed by atoms with Crippen molar-refractivity contribution in [3.63, 3.8) is 0 Å². The lowest BCUT2D eigenvalue weighted by atomic mass is 9.94. The molecule has 0 aromatic heterocycles. The predicted octanol–water partition coefficient (Wildman–Crippen LogP) is 1.37. The molecule has 0 spiro atoms. The number of hydrogen-bond acceptors (Lipinski definition) is 3. The normalized spacial score (nSPS) is 12.2. The van der Waals surface area contributed by atoms with Gasteiger partial charge in [-0.2, -0.15) is 0 Å². The molecule has 0 aromatic carbocycles. The Morgan fingerprint density at radius 1 is 1.30 bits per heavy atom. The summed E-state index contributed by atoms with van der Waals surface area (Å²) >= 11 is 0. The van der Waals surface area contributed by atoms with Gasteiger partial charge >= 0.3 is 12.0 Å². The summed E-state index contributed by atoms with van der Waals surface area (Å²) in [6.45, 7) is 6.08. The molecule has 6 heteroatoms. The van der Waals surface area contributed by atoms with Crippen molar-refractivity contribution in [2.45, 2.75) is 33.1 Å². The molecule has 0 rings (SSSR count).